The zero-order valence-electron chi connectivity index (χ0n) is 11.9. The summed E-state index contributed by atoms with van der Waals surface area (Å²) in [6.07, 6.45) is 8.32. The fraction of sp³-hybridized carbons (Fsp3) is 0.250. The van der Waals surface area contributed by atoms with Crippen LogP contribution in [-0.2, 0) is 11.3 Å². The molecule has 0 aliphatic rings. The Balaban J connectivity index is 2.60. The number of pyridine rings is 1. The van der Waals surface area contributed by atoms with E-state index < -0.39 is 5.92 Å². The highest BCUT2D eigenvalue weighted by atomic mass is 35.5. The Morgan fingerprint density at radius 2 is 2.14 bits per heavy atom. The molecule has 0 aliphatic carbocycles. The number of rotatable bonds is 7. The number of amides is 1. The van der Waals surface area contributed by atoms with Crippen LogP contribution in [0.1, 0.15) is 12.5 Å². The van der Waals surface area contributed by atoms with Gasteiger partial charge in [0.15, 0.2) is 0 Å². The van der Waals surface area contributed by atoms with Gasteiger partial charge in [0.2, 0.25) is 5.91 Å². The molecule has 0 fully saturated rings. The van der Waals surface area contributed by atoms with Crippen LogP contribution in [0.3, 0.4) is 0 Å². The lowest BCUT2D eigenvalue weighted by atomic mass is 10.00. The van der Waals surface area contributed by atoms with Crippen LogP contribution in [0.4, 0.5) is 0 Å². The molecule has 112 valence electrons. The summed E-state index contributed by atoms with van der Waals surface area (Å²) in [6.45, 7) is 5.68. The number of hydrogen-bond donors (Lipinski definition) is 2. The smallest absolute Gasteiger partial charge is 0.230 e. The van der Waals surface area contributed by atoms with E-state index in [2.05, 4.69) is 16.9 Å². The first-order chi connectivity index (χ1) is 10.1. The molecule has 1 aromatic rings. The van der Waals surface area contributed by atoms with Gasteiger partial charge in [-0.2, -0.15) is 0 Å². The largest absolute Gasteiger partial charge is 0.395 e. The van der Waals surface area contributed by atoms with Crippen LogP contribution in [0.15, 0.2) is 59.9 Å². The lowest BCUT2D eigenvalue weighted by molar-refractivity contribution is -0.124. The Bertz CT molecular complexity index is 538. The summed E-state index contributed by atoms with van der Waals surface area (Å²) in [7, 11) is 0. The number of nitrogens with one attached hydrogen (secondary N) is 1. The van der Waals surface area contributed by atoms with Gasteiger partial charge in [-0.25, -0.2) is 0 Å². The summed E-state index contributed by atoms with van der Waals surface area (Å²) < 4.78 is 0. The predicted octanol–water partition coefficient (Wildman–Crippen LogP) is 2.56. The van der Waals surface area contributed by atoms with E-state index in [1.807, 2.05) is 12.1 Å². The van der Waals surface area contributed by atoms with Gasteiger partial charge in [0.1, 0.15) is 0 Å². The molecule has 0 spiro atoms. The fourth-order valence-electron chi connectivity index (χ4n) is 1.58. The van der Waals surface area contributed by atoms with Crippen LogP contribution >= 0.6 is 11.6 Å². The van der Waals surface area contributed by atoms with Crippen LogP contribution in [0, 0.1) is 5.92 Å². The summed E-state index contributed by atoms with van der Waals surface area (Å²) in [5.41, 5.74) is 1.44. The summed E-state index contributed by atoms with van der Waals surface area (Å²) in [5.74, 6) is -0.968. The molecule has 5 heteroatoms. The Labute approximate surface area is 129 Å². The first-order valence-electron chi connectivity index (χ1n) is 6.54. The van der Waals surface area contributed by atoms with Gasteiger partial charge in [0, 0.05) is 24.0 Å². The summed E-state index contributed by atoms with van der Waals surface area (Å²) in [6, 6.07) is 3.63. The Kier molecular flexibility index (Phi) is 7.43. The molecular weight excluding hydrogens is 288 g/mol. The monoisotopic (exact) mass is 306 g/mol. The van der Waals surface area contributed by atoms with Crippen molar-refractivity contribution in [2.75, 3.05) is 6.61 Å². The van der Waals surface area contributed by atoms with Crippen molar-refractivity contribution in [1.82, 2.24) is 10.3 Å². The normalized spacial score (nSPS) is 13.2. The summed E-state index contributed by atoms with van der Waals surface area (Å²) in [4.78, 5) is 16.0. The standard InChI is InChI=1S/C16H19ClN2O2/c1-3-14(17)5-4-12(2)15(11-20)16(21)19-10-13-6-8-18-9-7-13/h3-9,15,20H,2,10-11H2,1H3,(H,19,21)/b5-4-,14-3+/t15-/m0/s1. The molecule has 0 saturated heterocycles. The molecule has 0 saturated carbocycles. The molecule has 1 rings (SSSR count). The molecule has 1 amide bonds. The molecule has 4 nitrogen and oxygen atoms in total. The van der Waals surface area contributed by atoms with E-state index in [4.69, 9.17) is 11.6 Å². The number of halogens is 1. The number of aliphatic hydroxyl groups is 1. The zero-order valence-corrected chi connectivity index (χ0v) is 12.7. The summed E-state index contributed by atoms with van der Waals surface area (Å²) >= 11 is 5.84. The van der Waals surface area contributed by atoms with Crippen molar-refractivity contribution >= 4 is 17.5 Å². The van der Waals surface area contributed by atoms with Gasteiger partial charge in [-0.15, -0.1) is 0 Å². The van der Waals surface area contributed by atoms with Crippen molar-refractivity contribution in [2.24, 2.45) is 5.92 Å². The molecule has 21 heavy (non-hydrogen) atoms. The fourth-order valence-corrected chi connectivity index (χ4v) is 1.64. The van der Waals surface area contributed by atoms with Crippen LogP contribution in [0.25, 0.3) is 0 Å². The molecule has 1 heterocycles. The third kappa shape index (κ3) is 5.94. The number of carbonyl (C=O) groups excluding carboxylic acids is 1. The van der Waals surface area contributed by atoms with E-state index in [0.717, 1.165) is 5.56 Å². The van der Waals surface area contributed by atoms with E-state index in [0.29, 0.717) is 17.2 Å². The molecule has 2 N–H and O–H groups in total. The van der Waals surface area contributed by atoms with Gasteiger partial charge in [-0.3, -0.25) is 9.78 Å². The maximum absolute atomic E-state index is 12.1. The number of allylic oxidation sites excluding steroid dienone is 4. The maximum atomic E-state index is 12.1. The highest BCUT2D eigenvalue weighted by molar-refractivity contribution is 6.31. The van der Waals surface area contributed by atoms with Crippen LogP contribution in [-0.4, -0.2) is 22.6 Å². The molecule has 0 aliphatic heterocycles. The highest BCUT2D eigenvalue weighted by Crippen LogP contribution is 2.13. The van der Waals surface area contributed by atoms with Gasteiger partial charge in [0.05, 0.1) is 12.5 Å². The van der Waals surface area contributed by atoms with Gasteiger partial charge in [-0.05, 0) is 36.3 Å². The second-order valence-electron chi connectivity index (χ2n) is 4.39. The molecule has 0 aromatic carbocycles. The quantitative estimate of drug-likeness (QED) is 0.761. The van der Waals surface area contributed by atoms with Crippen molar-refractivity contribution in [2.45, 2.75) is 13.5 Å². The molecule has 1 aromatic heterocycles. The zero-order chi connectivity index (χ0) is 15.7. The maximum Gasteiger partial charge on any atom is 0.230 e. The Morgan fingerprint density at radius 3 is 2.71 bits per heavy atom. The van der Waals surface area contributed by atoms with E-state index in [9.17, 15) is 9.90 Å². The molecule has 0 bridgehead atoms. The molecule has 0 unspecified atom stereocenters. The first kappa shape index (κ1) is 17.1. The van der Waals surface area contributed by atoms with Gasteiger partial charge in [-0.1, -0.05) is 30.3 Å². The van der Waals surface area contributed by atoms with Crippen molar-refractivity contribution in [1.29, 1.82) is 0 Å². The molecule has 0 radical (unpaired) electrons. The lowest BCUT2D eigenvalue weighted by Crippen LogP contribution is -2.33. The van der Waals surface area contributed by atoms with Crippen LogP contribution < -0.4 is 5.32 Å². The minimum atomic E-state index is -0.690. The predicted molar refractivity (Wildman–Crippen MR) is 84.5 cm³/mol. The average molecular weight is 307 g/mol. The van der Waals surface area contributed by atoms with Crippen LogP contribution in [0.2, 0.25) is 0 Å². The minimum absolute atomic E-state index is 0.277. The number of aliphatic hydroxyl groups excluding tert-OH is 1. The SMILES string of the molecule is C=C(/C=C\C(Cl)=C/C)[C@H](CO)C(=O)NCc1ccncc1. The number of nitrogens with zero attached hydrogens (tertiary/aromatic N) is 1. The second-order valence-corrected chi connectivity index (χ2v) is 4.83. The first-order valence-corrected chi connectivity index (χ1v) is 6.92. The summed E-state index contributed by atoms with van der Waals surface area (Å²) in [5, 5.41) is 12.7. The van der Waals surface area contributed by atoms with Crippen molar-refractivity contribution < 1.29 is 9.90 Å². The van der Waals surface area contributed by atoms with E-state index >= 15 is 0 Å². The Hall–Kier alpha value is -1.91. The van der Waals surface area contributed by atoms with E-state index in [-0.39, 0.29) is 12.5 Å². The lowest BCUT2D eigenvalue weighted by Gasteiger charge is -2.14. The minimum Gasteiger partial charge on any atom is -0.395 e. The van der Waals surface area contributed by atoms with Gasteiger partial charge < -0.3 is 10.4 Å². The molecular formula is C16H19ClN2O2. The van der Waals surface area contributed by atoms with Crippen molar-refractivity contribution in [3.05, 3.63) is 65.5 Å². The topological polar surface area (TPSA) is 62.2 Å². The van der Waals surface area contributed by atoms with Crippen molar-refractivity contribution in [3.63, 3.8) is 0 Å². The van der Waals surface area contributed by atoms with E-state index in [1.165, 1.54) is 0 Å². The highest BCUT2D eigenvalue weighted by Gasteiger charge is 2.18. The van der Waals surface area contributed by atoms with Gasteiger partial charge >= 0.3 is 0 Å². The van der Waals surface area contributed by atoms with Crippen LogP contribution in [0.5, 0.6) is 0 Å². The van der Waals surface area contributed by atoms with Gasteiger partial charge in [0.25, 0.3) is 0 Å². The average Bonchev–Trinajstić information content (AvgIpc) is 2.52. The molecule has 1 atom stereocenters. The number of hydrogen-bond acceptors (Lipinski definition) is 3. The number of aromatic nitrogens is 1. The third-order valence-electron chi connectivity index (χ3n) is 2.90. The number of carbonyl (C=O) groups is 1. The van der Waals surface area contributed by atoms with Crippen molar-refractivity contribution in [3.8, 4) is 0 Å². The third-order valence-corrected chi connectivity index (χ3v) is 3.24. The van der Waals surface area contributed by atoms with E-state index in [1.54, 1.807) is 37.5 Å². The Morgan fingerprint density at radius 1 is 1.48 bits per heavy atom. The second kappa shape index (κ2) is 9.10.